The summed E-state index contributed by atoms with van der Waals surface area (Å²) >= 11 is 3.71. The van der Waals surface area contributed by atoms with Gasteiger partial charge in [-0.25, -0.2) is 0 Å². The summed E-state index contributed by atoms with van der Waals surface area (Å²) in [5.74, 6) is 0.179. The molecule has 0 saturated heterocycles. The van der Waals surface area contributed by atoms with Crippen molar-refractivity contribution >= 4 is 17.7 Å². The maximum Gasteiger partial charge on any atom is 0.189 e. The van der Waals surface area contributed by atoms with E-state index in [4.69, 9.17) is 0 Å². The molecule has 0 aromatic carbocycles. The average Bonchev–Trinajstić information content (AvgIpc) is 2.12. The monoisotopic (exact) mass is 128 g/mol. The first-order chi connectivity index (χ1) is 3.80. The highest BCUT2D eigenvalue weighted by Crippen LogP contribution is 2.19. The lowest BCUT2D eigenvalue weighted by Crippen LogP contribution is -2.02. The minimum absolute atomic E-state index is 0.0231. The van der Waals surface area contributed by atoms with E-state index < -0.39 is 0 Å². The number of allylic oxidation sites excluding steroid dienone is 2. The van der Waals surface area contributed by atoms with Gasteiger partial charge >= 0.3 is 0 Å². The average molecular weight is 128 g/mol. The number of hydrogen-bond donors (Lipinski definition) is 1. The van der Waals surface area contributed by atoms with E-state index in [0.717, 1.165) is 12.8 Å². The molecule has 0 atom stereocenters. The van der Waals surface area contributed by atoms with Gasteiger partial charge < -0.3 is 0 Å². The first-order valence-corrected chi connectivity index (χ1v) is 3.13. The Hall–Kier alpha value is -0.240. The van der Waals surface area contributed by atoms with Crippen molar-refractivity contribution in [3.05, 3.63) is 12.2 Å². The van der Waals surface area contributed by atoms with Gasteiger partial charge in [0.1, 0.15) is 0 Å². The molecular weight excluding hydrogens is 120 g/mol. The molecule has 0 fully saturated rings. The van der Waals surface area contributed by atoms with Crippen LogP contribution in [0.5, 0.6) is 0 Å². The molecule has 0 N–H and O–H groups in total. The van der Waals surface area contributed by atoms with Gasteiger partial charge in [0.15, 0.2) is 5.12 Å². The summed E-state index contributed by atoms with van der Waals surface area (Å²) in [5, 5.41) is 0.0231. The molecule has 0 unspecified atom stereocenters. The van der Waals surface area contributed by atoms with Crippen LogP contribution in [0.1, 0.15) is 12.8 Å². The molecule has 0 amide bonds. The fraction of sp³-hybridized carbons (Fsp3) is 0.500. The van der Waals surface area contributed by atoms with Crippen LogP contribution in [0, 0.1) is 5.92 Å². The molecule has 0 aromatic rings. The van der Waals surface area contributed by atoms with E-state index in [2.05, 4.69) is 12.6 Å². The van der Waals surface area contributed by atoms with Crippen LogP contribution < -0.4 is 0 Å². The van der Waals surface area contributed by atoms with Gasteiger partial charge in [0.25, 0.3) is 0 Å². The SMILES string of the molecule is O=C(S)C1CC=CC1. The Morgan fingerprint density at radius 1 is 1.50 bits per heavy atom. The largest absolute Gasteiger partial charge is 0.287 e. The molecule has 44 valence electrons. The Kier molecular flexibility index (Phi) is 1.73. The van der Waals surface area contributed by atoms with Gasteiger partial charge in [0.05, 0.1) is 0 Å². The highest BCUT2D eigenvalue weighted by Gasteiger charge is 2.14. The van der Waals surface area contributed by atoms with E-state index >= 15 is 0 Å². The number of rotatable bonds is 1. The summed E-state index contributed by atoms with van der Waals surface area (Å²) < 4.78 is 0. The molecule has 8 heavy (non-hydrogen) atoms. The lowest BCUT2D eigenvalue weighted by molar-refractivity contribution is -0.113. The predicted octanol–water partition coefficient (Wildman–Crippen LogP) is 1.41. The quantitative estimate of drug-likeness (QED) is 0.417. The van der Waals surface area contributed by atoms with E-state index in [0.29, 0.717) is 0 Å². The van der Waals surface area contributed by atoms with E-state index in [9.17, 15) is 4.79 Å². The Labute approximate surface area is 54.2 Å². The summed E-state index contributed by atoms with van der Waals surface area (Å²) in [7, 11) is 0. The summed E-state index contributed by atoms with van der Waals surface area (Å²) in [6, 6.07) is 0. The minimum Gasteiger partial charge on any atom is -0.287 e. The summed E-state index contributed by atoms with van der Waals surface area (Å²) in [4.78, 5) is 10.5. The summed E-state index contributed by atoms with van der Waals surface area (Å²) in [6.45, 7) is 0. The molecule has 1 nitrogen and oxygen atoms in total. The topological polar surface area (TPSA) is 17.1 Å². The fourth-order valence-corrected chi connectivity index (χ4v) is 1.03. The van der Waals surface area contributed by atoms with Crippen LogP contribution in [-0.2, 0) is 4.79 Å². The minimum atomic E-state index is 0.0231. The standard InChI is InChI=1S/C6H8OS/c7-6(8)5-3-1-2-4-5/h1-2,5H,3-4H2,(H,7,8). The smallest absolute Gasteiger partial charge is 0.189 e. The van der Waals surface area contributed by atoms with Crippen LogP contribution in [0.15, 0.2) is 12.2 Å². The molecular formula is C6H8OS. The number of carbonyl (C=O) groups excluding carboxylic acids is 1. The predicted molar refractivity (Wildman–Crippen MR) is 35.9 cm³/mol. The van der Waals surface area contributed by atoms with E-state index in [1.165, 1.54) is 0 Å². The zero-order chi connectivity index (χ0) is 5.98. The first kappa shape index (κ1) is 5.89. The van der Waals surface area contributed by atoms with Crippen molar-refractivity contribution in [3.8, 4) is 0 Å². The van der Waals surface area contributed by atoms with Gasteiger partial charge in [-0.1, -0.05) is 12.2 Å². The van der Waals surface area contributed by atoms with Crippen LogP contribution in [0.2, 0.25) is 0 Å². The molecule has 0 aromatic heterocycles. The van der Waals surface area contributed by atoms with Gasteiger partial charge in [-0.3, -0.25) is 4.79 Å². The molecule has 0 saturated carbocycles. The molecule has 1 aliphatic rings. The second kappa shape index (κ2) is 2.35. The lowest BCUT2D eigenvalue weighted by atomic mass is 10.1. The third kappa shape index (κ3) is 1.13. The highest BCUT2D eigenvalue weighted by molar-refractivity contribution is 7.96. The number of carbonyl (C=O) groups is 1. The Bertz CT molecular complexity index is 120. The molecule has 2 heteroatoms. The lowest BCUT2D eigenvalue weighted by Gasteiger charge is -1.98. The van der Waals surface area contributed by atoms with Gasteiger partial charge in [-0.05, 0) is 12.8 Å². The zero-order valence-electron chi connectivity index (χ0n) is 4.50. The zero-order valence-corrected chi connectivity index (χ0v) is 5.40. The Morgan fingerprint density at radius 3 is 2.25 bits per heavy atom. The molecule has 1 rings (SSSR count). The summed E-state index contributed by atoms with van der Waals surface area (Å²) in [5.41, 5.74) is 0. The van der Waals surface area contributed by atoms with Crippen molar-refractivity contribution in [2.45, 2.75) is 12.8 Å². The second-order valence-electron chi connectivity index (χ2n) is 1.98. The van der Waals surface area contributed by atoms with E-state index in [1.54, 1.807) is 0 Å². The third-order valence-electron chi connectivity index (χ3n) is 1.36. The maximum atomic E-state index is 10.5. The van der Waals surface area contributed by atoms with Crippen LogP contribution in [0.3, 0.4) is 0 Å². The molecule has 0 radical (unpaired) electrons. The molecule has 0 bridgehead atoms. The molecule has 0 aliphatic heterocycles. The second-order valence-corrected chi connectivity index (χ2v) is 2.42. The van der Waals surface area contributed by atoms with Crippen molar-refractivity contribution in [1.29, 1.82) is 0 Å². The summed E-state index contributed by atoms with van der Waals surface area (Å²) in [6.07, 6.45) is 5.84. The molecule has 0 spiro atoms. The van der Waals surface area contributed by atoms with Crippen LogP contribution >= 0.6 is 12.6 Å². The van der Waals surface area contributed by atoms with Crippen LogP contribution in [0.4, 0.5) is 0 Å². The van der Waals surface area contributed by atoms with Gasteiger partial charge in [-0.2, -0.15) is 0 Å². The maximum absolute atomic E-state index is 10.5. The van der Waals surface area contributed by atoms with Crippen molar-refractivity contribution in [2.24, 2.45) is 5.92 Å². The highest BCUT2D eigenvalue weighted by atomic mass is 32.1. The van der Waals surface area contributed by atoms with Crippen molar-refractivity contribution < 1.29 is 4.79 Å². The van der Waals surface area contributed by atoms with E-state index in [-0.39, 0.29) is 11.0 Å². The Morgan fingerprint density at radius 2 is 2.00 bits per heavy atom. The third-order valence-corrected chi connectivity index (χ3v) is 1.72. The van der Waals surface area contributed by atoms with Crippen LogP contribution in [0.25, 0.3) is 0 Å². The van der Waals surface area contributed by atoms with Crippen molar-refractivity contribution in [2.75, 3.05) is 0 Å². The van der Waals surface area contributed by atoms with Crippen molar-refractivity contribution in [1.82, 2.24) is 0 Å². The number of hydrogen-bond acceptors (Lipinski definition) is 1. The Balaban J connectivity index is 2.41. The van der Waals surface area contributed by atoms with Gasteiger partial charge in [-0.15, -0.1) is 12.6 Å². The number of thiol groups is 1. The molecule has 0 heterocycles. The van der Waals surface area contributed by atoms with Crippen molar-refractivity contribution in [3.63, 3.8) is 0 Å². The van der Waals surface area contributed by atoms with Gasteiger partial charge in [0, 0.05) is 5.92 Å². The molecule has 1 aliphatic carbocycles. The normalized spacial score (nSPS) is 19.6. The first-order valence-electron chi connectivity index (χ1n) is 2.68. The van der Waals surface area contributed by atoms with Gasteiger partial charge in [0.2, 0.25) is 0 Å². The van der Waals surface area contributed by atoms with Crippen LogP contribution in [-0.4, -0.2) is 5.12 Å². The van der Waals surface area contributed by atoms with E-state index in [1.807, 2.05) is 12.2 Å². The fourth-order valence-electron chi connectivity index (χ4n) is 0.819.